The van der Waals surface area contributed by atoms with E-state index in [0.29, 0.717) is 19.1 Å². The molecule has 6 nitrogen and oxygen atoms in total. The van der Waals surface area contributed by atoms with Crippen molar-refractivity contribution in [1.29, 1.82) is 0 Å². The van der Waals surface area contributed by atoms with E-state index >= 15 is 0 Å². The quantitative estimate of drug-likeness (QED) is 0.916. The van der Waals surface area contributed by atoms with Crippen LogP contribution < -0.4 is 4.90 Å². The Balaban J connectivity index is 1.46. The van der Waals surface area contributed by atoms with Crippen LogP contribution >= 0.6 is 0 Å². The lowest BCUT2D eigenvalue weighted by Crippen LogP contribution is -2.46. The number of hydrogen-bond acceptors (Lipinski definition) is 4. The zero-order valence-corrected chi connectivity index (χ0v) is 14.0. The van der Waals surface area contributed by atoms with Gasteiger partial charge >= 0.3 is 0 Å². The van der Waals surface area contributed by atoms with Crippen LogP contribution in [0.1, 0.15) is 18.4 Å². The Morgan fingerprint density at radius 3 is 2.71 bits per heavy atom. The molecule has 2 aliphatic heterocycles. The van der Waals surface area contributed by atoms with Crippen molar-refractivity contribution in [3.63, 3.8) is 0 Å². The van der Waals surface area contributed by atoms with E-state index in [1.165, 1.54) is 22.9 Å². The van der Waals surface area contributed by atoms with Crippen molar-refractivity contribution >= 4 is 15.7 Å². The molecule has 2 aliphatic rings. The Morgan fingerprint density at radius 2 is 2.00 bits per heavy atom. The van der Waals surface area contributed by atoms with Crippen LogP contribution in [0.5, 0.6) is 0 Å². The summed E-state index contributed by atoms with van der Waals surface area (Å²) >= 11 is 0. The topological polar surface area (TPSA) is 69.3 Å². The second-order valence-electron chi connectivity index (χ2n) is 6.27. The maximum atomic E-state index is 13.3. The van der Waals surface area contributed by atoms with E-state index in [1.54, 1.807) is 6.07 Å². The molecule has 8 heteroatoms. The molecule has 0 atom stereocenters. The van der Waals surface area contributed by atoms with Gasteiger partial charge in [-0.1, -0.05) is 0 Å². The lowest BCUT2D eigenvalue weighted by Gasteiger charge is -2.37. The SMILES string of the molecule is O=S(=O)(c1cnc[nH]1)N1CCC(N2CCc3cc(F)ccc32)CC1. The first-order valence-corrected chi connectivity index (χ1v) is 9.53. The van der Waals surface area contributed by atoms with E-state index in [-0.39, 0.29) is 10.8 Å². The van der Waals surface area contributed by atoms with Crippen molar-refractivity contribution in [3.8, 4) is 0 Å². The van der Waals surface area contributed by atoms with Crippen molar-refractivity contribution in [3.05, 3.63) is 42.1 Å². The third-order valence-corrected chi connectivity index (χ3v) is 6.75. The molecule has 1 saturated heterocycles. The molecule has 128 valence electrons. The van der Waals surface area contributed by atoms with Crippen molar-refractivity contribution in [2.45, 2.75) is 30.3 Å². The molecule has 1 aromatic carbocycles. The fourth-order valence-electron chi connectivity index (χ4n) is 3.69. The number of piperidine rings is 1. The molecule has 1 aromatic heterocycles. The van der Waals surface area contributed by atoms with Crippen LogP contribution in [0, 0.1) is 5.82 Å². The summed E-state index contributed by atoms with van der Waals surface area (Å²) in [5.41, 5.74) is 2.13. The van der Waals surface area contributed by atoms with Gasteiger partial charge in [0.05, 0.1) is 12.5 Å². The normalized spacial score (nSPS) is 19.6. The molecule has 0 saturated carbocycles. The minimum atomic E-state index is -3.48. The van der Waals surface area contributed by atoms with Crippen molar-refractivity contribution in [2.24, 2.45) is 0 Å². The molecule has 1 N–H and O–H groups in total. The number of benzene rings is 1. The monoisotopic (exact) mass is 350 g/mol. The van der Waals surface area contributed by atoms with Gasteiger partial charge in [0.2, 0.25) is 0 Å². The number of aromatic nitrogens is 2. The average Bonchev–Trinajstić information content (AvgIpc) is 3.24. The summed E-state index contributed by atoms with van der Waals surface area (Å²) in [5.74, 6) is -0.198. The Hall–Kier alpha value is -1.93. The average molecular weight is 350 g/mol. The van der Waals surface area contributed by atoms with Gasteiger partial charge in [-0.3, -0.25) is 0 Å². The minimum Gasteiger partial charge on any atom is -0.368 e. The fraction of sp³-hybridized carbons (Fsp3) is 0.438. The van der Waals surface area contributed by atoms with Gasteiger partial charge in [0.1, 0.15) is 5.82 Å². The zero-order valence-electron chi connectivity index (χ0n) is 13.2. The van der Waals surface area contributed by atoms with Gasteiger partial charge in [-0.2, -0.15) is 4.31 Å². The van der Waals surface area contributed by atoms with Gasteiger partial charge in [-0.25, -0.2) is 17.8 Å². The molecule has 1 fully saturated rings. The number of nitrogens with zero attached hydrogens (tertiary/aromatic N) is 3. The standard InChI is InChI=1S/C16H19FN4O2S/c17-13-1-2-15-12(9-13)3-8-21(15)14-4-6-20(7-5-14)24(22,23)16-10-18-11-19-16/h1-2,9-11,14H,3-8H2,(H,18,19). The molecule has 2 aromatic rings. The van der Waals surface area contributed by atoms with Gasteiger partial charge in [-0.05, 0) is 43.0 Å². The third kappa shape index (κ3) is 2.59. The fourth-order valence-corrected chi connectivity index (χ4v) is 5.06. The summed E-state index contributed by atoms with van der Waals surface area (Å²) in [6.07, 6.45) is 5.10. The molecule has 0 spiro atoms. The van der Waals surface area contributed by atoms with Crippen LogP contribution in [0.15, 0.2) is 35.7 Å². The van der Waals surface area contributed by atoms with Gasteiger partial charge in [0.15, 0.2) is 5.03 Å². The first-order valence-electron chi connectivity index (χ1n) is 8.09. The lowest BCUT2D eigenvalue weighted by molar-refractivity contribution is 0.311. The molecular formula is C16H19FN4O2S. The van der Waals surface area contributed by atoms with Crippen LogP contribution in [0.25, 0.3) is 0 Å². The van der Waals surface area contributed by atoms with Crippen molar-refractivity contribution < 1.29 is 12.8 Å². The number of imidazole rings is 1. The van der Waals surface area contributed by atoms with Crippen molar-refractivity contribution in [2.75, 3.05) is 24.5 Å². The van der Waals surface area contributed by atoms with Gasteiger partial charge in [0, 0.05) is 31.4 Å². The number of sulfonamides is 1. The maximum Gasteiger partial charge on any atom is 0.260 e. The number of halogens is 1. The molecule has 0 aliphatic carbocycles. The van der Waals surface area contributed by atoms with Gasteiger partial charge in [-0.15, -0.1) is 0 Å². The number of fused-ring (bicyclic) bond motifs is 1. The van der Waals surface area contributed by atoms with E-state index in [9.17, 15) is 12.8 Å². The number of H-pyrrole nitrogens is 1. The highest BCUT2D eigenvalue weighted by Crippen LogP contribution is 2.33. The maximum absolute atomic E-state index is 13.3. The Kier molecular flexibility index (Phi) is 3.80. The number of nitrogens with one attached hydrogen (secondary N) is 1. The van der Waals surface area contributed by atoms with E-state index in [1.807, 2.05) is 6.07 Å². The van der Waals surface area contributed by atoms with Gasteiger partial charge in [0.25, 0.3) is 10.0 Å². The minimum absolute atomic E-state index is 0.142. The number of anilines is 1. The summed E-state index contributed by atoms with van der Waals surface area (Å²) in [6.45, 7) is 1.84. The predicted octanol–water partition coefficient (Wildman–Crippen LogP) is 1.76. The van der Waals surface area contributed by atoms with E-state index in [0.717, 1.165) is 37.1 Å². The number of aromatic amines is 1. The molecule has 0 bridgehead atoms. The first-order chi connectivity index (χ1) is 11.6. The molecular weight excluding hydrogens is 331 g/mol. The van der Waals surface area contributed by atoms with Crippen molar-refractivity contribution in [1.82, 2.24) is 14.3 Å². The Labute approximate surface area is 140 Å². The molecule has 24 heavy (non-hydrogen) atoms. The second kappa shape index (κ2) is 5.86. The summed E-state index contributed by atoms with van der Waals surface area (Å²) in [4.78, 5) is 8.77. The molecule has 0 amide bonds. The zero-order chi connectivity index (χ0) is 16.7. The highest BCUT2D eigenvalue weighted by molar-refractivity contribution is 7.89. The van der Waals surface area contributed by atoms with Crippen LogP contribution in [0.4, 0.5) is 10.1 Å². The summed E-state index contributed by atoms with van der Waals surface area (Å²) < 4.78 is 39.9. The third-order valence-electron chi connectivity index (χ3n) is 4.93. The summed E-state index contributed by atoms with van der Waals surface area (Å²) in [5, 5.41) is 0.142. The molecule has 0 radical (unpaired) electrons. The molecule has 4 rings (SSSR count). The van der Waals surface area contributed by atoms with E-state index < -0.39 is 10.0 Å². The van der Waals surface area contributed by atoms with Crippen LogP contribution in [-0.2, 0) is 16.4 Å². The van der Waals surface area contributed by atoms with Crippen LogP contribution in [-0.4, -0.2) is 48.4 Å². The lowest BCUT2D eigenvalue weighted by atomic mass is 10.0. The Morgan fingerprint density at radius 1 is 1.21 bits per heavy atom. The first kappa shape index (κ1) is 15.6. The summed E-state index contributed by atoms with van der Waals surface area (Å²) in [7, 11) is -3.48. The number of rotatable bonds is 3. The number of hydrogen-bond donors (Lipinski definition) is 1. The molecule has 0 unspecified atom stereocenters. The van der Waals surface area contributed by atoms with Crippen LogP contribution in [0.2, 0.25) is 0 Å². The van der Waals surface area contributed by atoms with E-state index in [2.05, 4.69) is 14.9 Å². The van der Waals surface area contributed by atoms with Gasteiger partial charge < -0.3 is 9.88 Å². The summed E-state index contributed by atoms with van der Waals surface area (Å²) in [6, 6.07) is 5.23. The molecule has 3 heterocycles. The smallest absolute Gasteiger partial charge is 0.260 e. The van der Waals surface area contributed by atoms with Crippen LogP contribution in [0.3, 0.4) is 0 Å². The second-order valence-corrected chi connectivity index (χ2v) is 8.17. The highest BCUT2D eigenvalue weighted by Gasteiger charge is 2.34. The Bertz CT molecular complexity index is 830. The highest BCUT2D eigenvalue weighted by atomic mass is 32.2. The predicted molar refractivity (Wildman–Crippen MR) is 87.8 cm³/mol. The van der Waals surface area contributed by atoms with E-state index in [4.69, 9.17) is 0 Å². The largest absolute Gasteiger partial charge is 0.368 e.